The van der Waals surface area contributed by atoms with Crippen LogP contribution < -0.4 is 4.90 Å². The zero-order valence-corrected chi connectivity index (χ0v) is 9.76. The first kappa shape index (κ1) is 9.23. The van der Waals surface area contributed by atoms with Gasteiger partial charge in [-0.25, -0.2) is 0 Å². The number of rotatable bonds is 1. The predicted octanol–water partition coefficient (Wildman–Crippen LogP) is 1.55. The van der Waals surface area contributed by atoms with Crippen molar-refractivity contribution in [1.29, 1.82) is 0 Å². The molecule has 0 atom stereocenters. The standard InChI is InChI=1S/C11H9N5S/c1-2-10-9(16-4-3-12-11(16)17-10)5-8(1)15-6-13-14-7-15/h1-2,5-7H,3-4H2. The zero-order valence-electron chi connectivity index (χ0n) is 8.95. The van der Waals surface area contributed by atoms with Crippen LogP contribution in [0.15, 0.2) is 40.7 Å². The molecule has 0 amide bonds. The Balaban J connectivity index is 1.84. The van der Waals surface area contributed by atoms with Crippen molar-refractivity contribution in [3.05, 3.63) is 30.9 Å². The molecule has 1 aromatic heterocycles. The second kappa shape index (κ2) is 3.33. The van der Waals surface area contributed by atoms with E-state index in [1.54, 1.807) is 24.4 Å². The molecule has 0 aliphatic carbocycles. The molecule has 4 rings (SSSR count). The number of hydrogen-bond acceptors (Lipinski definition) is 5. The molecule has 3 heterocycles. The fraction of sp³-hybridized carbons (Fsp3) is 0.182. The van der Waals surface area contributed by atoms with Gasteiger partial charge in [0.25, 0.3) is 0 Å². The summed E-state index contributed by atoms with van der Waals surface area (Å²) in [6, 6.07) is 6.38. The summed E-state index contributed by atoms with van der Waals surface area (Å²) < 4.78 is 1.91. The normalized spacial score (nSPS) is 16.9. The number of nitrogens with zero attached hydrogens (tertiary/aromatic N) is 5. The van der Waals surface area contributed by atoms with E-state index < -0.39 is 0 Å². The first-order valence-electron chi connectivity index (χ1n) is 5.41. The van der Waals surface area contributed by atoms with Gasteiger partial charge in [0.15, 0.2) is 5.17 Å². The summed E-state index contributed by atoms with van der Waals surface area (Å²) in [5.41, 5.74) is 2.33. The lowest BCUT2D eigenvalue weighted by Crippen LogP contribution is -2.20. The van der Waals surface area contributed by atoms with E-state index in [-0.39, 0.29) is 0 Å². The van der Waals surface area contributed by atoms with Gasteiger partial charge in [-0.05, 0) is 30.0 Å². The summed E-state index contributed by atoms with van der Waals surface area (Å²) in [4.78, 5) is 8.03. The van der Waals surface area contributed by atoms with Crippen molar-refractivity contribution in [2.45, 2.75) is 4.90 Å². The van der Waals surface area contributed by atoms with Crippen LogP contribution in [0.25, 0.3) is 5.69 Å². The van der Waals surface area contributed by atoms with Gasteiger partial charge in [0.05, 0.1) is 17.9 Å². The number of benzene rings is 1. The van der Waals surface area contributed by atoms with Crippen LogP contribution in [0.2, 0.25) is 0 Å². The second-order valence-electron chi connectivity index (χ2n) is 3.94. The highest BCUT2D eigenvalue weighted by Gasteiger charge is 2.29. The molecule has 5 nitrogen and oxygen atoms in total. The average Bonchev–Trinajstić information content (AvgIpc) is 3.05. The molecule has 0 unspecified atom stereocenters. The fourth-order valence-corrected chi connectivity index (χ4v) is 3.20. The molecule has 6 heteroatoms. The smallest absolute Gasteiger partial charge is 0.168 e. The Labute approximate surface area is 102 Å². The van der Waals surface area contributed by atoms with Crippen LogP contribution in [0.5, 0.6) is 0 Å². The molecule has 0 fully saturated rings. The lowest BCUT2D eigenvalue weighted by Gasteiger charge is -2.13. The molecule has 17 heavy (non-hydrogen) atoms. The second-order valence-corrected chi connectivity index (χ2v) is 4.95. The molecule has 0 bridgehead atoms. The summed E-state index contributed by atoms with van der Waals surface area (Å²) in [7, 11) is 0. The Morgan fingerprint density at radius 2 is 2.06 bits per heavy atom. The van der Waals surface area contributed by atoms with Crippen molar-refractivity contribution < 1.29 is 0 Å². The van der Waals surface area contributed by atoms with Gasteiger partial charge in [0.1, 0.15) is 12.7 Å². The van der Waals surface area contributed by atoms with E-state index in [2.05, 4.69) is 38.3 Å². The molecule has 2 aliphatic rings. The van der Waals surface area contributed by atoms with E-state index in [4.69, 9.17) is 0 Å². The molecular formula is C11H9N5S. The number of anilines is 1. The minimum absolute atomic E-state index is 0.901. The number of thioether (sulfide) groups is 1. The maximum Gasteiger partial charge on any atom is 0.168 e. The lowest BCUT2D eigenvalue weighted by atomic mass is 10.2. The number of aromatic nitrogens is 3. The minimum atomic E-state index is 0.901. The topological polar surface area (TPSA) is 46.3 Å². The van der Waals surface area contributed by atoms with Crippen LogP contribution in [-0.4, -0.2) is 33.0 Å². The minimum Gasteiger partial charge on any atom is -0.318 e. The molecule has 2 aromatic rings. The average molecular weight is 243 g/mol. The van der Waals surface area contributed by atoms with Gasteiger partial charge < -0.3 is 4.90 Å². The third-order valence-electron chi connectivity index (χ3n) is 2.95. The highest BCUT2D eigenvalue weighted by atomic mass is 32.2. The first-order valence-corrected chi connectivity index (χ1v) is 6.22. The molecule has 1 aromatic carbocycles. The van der Waals surface area contributed by atoms with E-state index in [9.17, 15) is 0 Å². The number of aliphatic imine (C=N–C) groups is 1. The Bertz CT molecular complexity index is 604. The van der Waals surface area contributed by atoms with Crippen molar-refractivity contribution >= 4 is 22.6 Å². The van der Waals surface area contributed by atoms with Crippen molar-refractivity contribution in [3.8, 4) is 5.69 Å². The quantitative estimate of drug-likeness (QED) is 0.762. The summed E-state index contributed by atoms with van der Waals surface area (Å²) >= 11 is 1.75. The number of fused-ring (bicyclic) bond motifs is 3. The van der Waals surface area contributed by atoms with Gasteiger partial charge in [0, 0.05) is 11.4 Å². The molecule has 0 radical (unpaired) electrons. The SMILES string of the molecule is c1cc2c(cc1-n1cnnc1)N1CCN=C1S2. The first-order chi connectivity index (χ1) is 8.42. The largest absolute Gasteiger partial charge is 0.318 e. The summed E-state index contributed by atoms with van der Waals surface area (Å²) in [6.45, 7) is 1.89. The van der Waals surface area contributed by atoms with Crippen LogP contribution in [0.4, 0.5) is 5.69 Å². The summed E-state index contributed by atoms with van der Waals surface area (Å²) in [6.07, 6.45) is 3.42. The Morgan fingerprint density at radius 3 is 2.94 bits per heavy atom. The Hall–Kier alpha value is -1.82. The monoisotopic (exact) mass is 243 g/mol. The van der Waals surface area contributed by atoms with E-state index in [0.717, 1.165) is 23.9 Å². The maximum atomic E-state index is 4.48. The lowest BCUT2D eigenvalue weighted by molar-refractivity contribution is 1.00. The third kappa shape index (κ3) is 1.30. The number of hydrogen-bond donors (Lipinski definition) is 0. The van der Waals surface area contributed by atoms with E-state index in [1.165, 1.54) is 10.6 Å². The van der Waals surface area contributed by atoms with Crippen LogP contribution in [0.3, 0.4) is 0 Å². The molecule has 2 aliphatic heterocycles. The Morgan fingerprint density at radius 1 is 1.18 bits per heavy atom. The Kier molecular flexibility index (Phi) is 1.81. The third-order valence-corrected chi connectivity index (χ3v) is 4.05. The molecule has 0 saturated carbocycles. The predicted molar refractivity (Wildman–Crippen MR) is 66.9 cm³/mol. The van der Waals surface area contributed by atoms with Gasteiger partial charge >= 0.3 is 0 Å². The summed E-state index contributed by atoms with van der Waals surface area (Å²) in [5.74, 6) is 0. The zero-order chi connectivity index (χ0) is 11.2. The van der Waals surface area contributed by atoms with Crippen LogP contribution in [-0.2, 0) is 0 Å². The van der Waals surface area contributed by atoms with Gasteiger partial charge in [0.2, 0.25) is 0 Å². The van der Waals surface area contributed by atoms with Gasteiger partial charge in [-0.1, -0.05) is 0 Å². The highest BCUT2D eigenvalue weighted by Crippen LogP contribution is 2.42. The maximum absolute atomic E-state index is 4.48. The van der Waals surface area contributed by atoms with Crippen LogP contribution in [0, 0.1) is 0 Å². The summed E-state index contributed by atoms with van der Waals surface area (Å²) in [5, 5.41) is 8.78. The molecule has 0 N–H and O–H groups in total. The number of amidine groups is 1. The van der Waals surface area contributed by atoms with Gasteiger partial charge in [-0.15, -0.1) is 10.2 Å². The van der Waals surface area contributed by atoms with E-state index >= 15 is 0 Å². The van der Waals surface area contributed by atoms with Crippen molar-refractivity contribution in [1.82, 2.24) is 14.8 Å². The van der Waals surface area contributed by atoms with Crippen LogP contribution in [0.1, 0.15) is 0 Å². The van der Waals surface area contributed by atoms with Gasteiger partial charge in [-0.3, -0.25) is 9.56 Å². The van der Waals surface area contributed by atoms with Crippen molar-refractivity contribution in [2.75, 3.05) is 18.0 Å². The van der Waals surface area contributed by atoms with Crippen molar-refractivity contribution in [2.24, 2.45) is 4.99 Å². The van der Waals surface area contributed by atoms with E-state index in [0.29, 0.717) is 0 Å². The molecule has 0 spiro atoms. The molecular weight excluding hydrogens is 234 g/mol. The van der Waals surface area contributed by atoms with E-state index in [1.807, 2.05) is 4.57 Å². The van der Waals surface area contributed by atoms with Crippen LogP contribution >= 0.6 is 11.8 Å². The van der Waals surface area contributed by atoms with Gasteiger partial charge in [-0.2, -0.15) is 0 Å². The highest BCUT2D eigenvalue weighted by molar-refractivity contribution is 8.14. The molecule has 0 saturated heterocycles. The van der Waals surface area contributed by atoms with Crippen molar-refractivity contribution in [3.63, 3.8) is 0 Å². The molecule has 84 valence electrons. The fourth-order valence-electron chi connectivity index (χ4n) is 2.13.